The second-order valence-corrected chi connectivity index (χ2v) is 7.66. The van der Waals surface area contributed by atoms with Crippen molar-refractivity contribution >= 4 is 34.3 Å². The minimum atomic E-state index is -3.58. The molecule has 0 fully saturated rings. The molecular weight excluding hydrogens is 315 g/mol. The fourth-order valence-electron chi connectivity index (χ4n) is 1.51. The van der Waals surface area contributed by atoms with E-state index >= 15 is 0 Å². The molecule has 2 rings (SSSR count). The van der Waals surface area contributed by atoms with Crippen LogP contribution in [-0.2, 0) is 4.57 Å². The Bertz CT molecular complexity index is 625. The molecule has 2 aromatic carbocycles. The molecule has 18 heavy (non-hydrogen) atoms. The van der Waals surface area contributed by atoms with Crippen LogP contribution in [0.5, 0.6) is 5.75 Å². The number of benzene rings is 2. The van der Waals surface area contributed by atoms with Gasteiger partial charge in [-0.15, -0.1) is 0 Å². The van der Waals surface area contributed by atoms with Crippen LogP contribution in [0, 0.1) is 0 Å². The van der Waals surface area contributed by atoms with E-state index in [1.54, 1.807) is 26.0 Å². The van der Waals surface area contributed by atoms with E-state index in [0.717, 1.165) is 15.2 Å². The molecule has 0 saturated heterocycles. The van der Waals surface area contributed by atoms with E-state index in [9.17, 15) is 9.46 Å². The van der Waals surface area contributed by atoms with Crippen LogP contribution in [0.3, 0.4) is 0 Å². The number of hydrogen-bond acceptors (Lipinski definition) is 2. The van der Waals surface area contributed by atoms with Crippen molar-refractivity contribution in [3.05, 3.63) is 40.9 Å². The van der Waals surface area contributed by atoms with Gasteiger partial charge in [0.15, 0.2) is 0 Å². The van der Waals surface area contributed by atoms with E-state index in [4.69, 9.17) is 4.52 Å². The maximum absolute atomic E-state index is 11.8. The Morgan fingerprint density at radius 1 is 1.17 bits per heavy atom. The van der Waals surface area contributed by atoms with Crippen LogP contribution in [-0.4, -0.2) is 10.6 Å². The first-order valence-electron chi connectivity index (χ1n) is 5.60. The Labute approximate surface area is 114 Å². The number of halogens is 1. The van der Waals surface area contributed by atoms with Crippen molar-refractivity contribution in [2.75, 3.05) is 0 Å². The lowest BCUT2D eigenvalue weighted by molar-refractivity contribution is 0.370. The zero-order valence-corrected chi connectivity index (χ0v) is 12.6. The summed E-state index contributed by atoms with van der Waals surface area (Å²) in [6, 6.07) is 11.2. The Hall–Kier alpha value is -0.830. The number of hydrogen-bond donors (Lipinski definition) is 1. The van der Waals surface area contributed by atoms with Gasteiger partial charge >= 0.3 is 7.60 Å². The lowest BCUT2D eigenvalue weighted by atomic mass is 10.1. The second kappa shape index (κ2) is 5.04. The van der Waals surface area contributed by atoms with E-state index in [0.29, 0.717) is 5.75 Å². The van der Waals surface area contributed by atoms with Gasteiger partial charge in [0.25, 0.3) is 0 Å². The molecule has 0 aromatic heterocycles. The fraction of sp³-hybridized carbons (Fsp3) is 0.231. The summed E-state index contributed by atoms with van der Waals surface area (Å²) in [5.74, 6) is 0.421. The molecule has 1 atom stereocenters. The first-order chi connectivity index (χ1) is 8.38. The topological polar surface area (TPSA) is 46.5 Å². The molecule has 1 N–H and O–H groups in total. The molecule has 0 aliphatic carbocycles. The zero-order chi connectivity index (χ0) is 13.3. The second-order valence-electron chi connectivity index (χ2n) is 4.40. The highest BCUT2D eigenvalue weighted by atomic mass is 79.9. The van der Waals surface area contributed by atoms with Crippen LogP contribution in [0.15, 0.2) is 40.9 Å². The molecule has 0 aliphatic heterocycles. The highest BCUT2D eigenvalue weighted by Crippen LogP contribution is 2.47. The first kappa shape index (κ1) is 13.6. The van der Waals surface area contributed by atoms with Gasteiger partial charge in [0.05, 0.1) is 5.66 Å². The van der Waals surface area contributed by atoms with Crippen molar-refractivity contribution in [2.45, 2.75) is 19.5 Å². The average Bonchev–Trinajstić information content (AvgIpc) is 2.28. The highest BCUT2D eigenvalue weighted by molar-refractivity contribution is 9.10. The van der Waals surface area contributed by atoms with Crippen LogP contribution in [0.4, 0.5) is 0 Å². The molecule has 5 heteroatoms. The van der Waals surface area contributed by atoms with E-state index < -0.39 is 13.3 Å². The van der Waals surface area contributed by atoms with Crippen molar-refractivity contribution in [1.29, 1.82) is 0 Å². The van der Waals surface area contributed by atoms with Crippen molar-refractivity contribution in [2.24, 2.45) is 0 Å². The Morgan fingerprint density at radius 2 is 1.78 bits per heavy atom. The maximum Gasteiger partial charge on any atom is 0.379 e. The normalized spacial score (nSPS) is 14.7. The van der Waals surface area contributed by atoms with Crippen molar-refractivity contribution in [3.8, 4) is 5.75 Å². The largest absolute Gasteiger partial charge is 0.424 e. The van der Waals surface area contributed by atoms with Crippen LogP contribution in [0.25, 0.3) is 10.8 Å². The Kier molecular flexibility index (Phi) is 3.81. The fourth-order valence-corrected chi connectivity index (χ4v) is 2.51. The summed E-state index contributed by atoms with van der Waals surface area (Å²) >= 11 is 3.40. The first-order valence-corrected chi connectivity index (χ1v) is 8.04. The molecule has 0 aliphatic rings. The van der Waals surface area contributed by atoms with Crippen molar-refractivity contribution in [1.82, 2.24) is 0 Å². The summed E-state index contributed by atoms with van der Waals surface area (Å²) in [5.41, 5.74) is -0.418. The molecule has 0 bridgehead atoms. The molecule has 96 valence electrons. The number of fused-ring (bicyclic) bond motifs is 1. The third-order valence-corrected chi connectivity index (χ3v) is 4.93. The summed E-state index contributed by atoms with van der Waals surface area (Å²) in [6.07, 6.45) is 0. The Balaban J connectivity index is 2.37. The zero-order valence-electron chi connectivity index (χ0n) is 10.1. The van der Waals surface area contributed by atoms with Gasteiger partial charge < -0.3 is 9.42 Å². The standard InChI is InChI=1S/C13H14BrO3P/c1-9(2)18(15,16)17-13-6-4-10-7-12(14)5-3-11(10)8-13/h3-9H,1-2H3,(H,15,16). The summed E-state index contributed by atoms with van der Waals surface area (Å²) in [4.78, 5) is 9.69. The van der Waals surface area contributed by atoms with Crippen LogP contribution >= 0.6 is 23.5 Å². The molecule has 0 radical (unpaired) electrons. The van der Waals surface area contributed by atoms with Gasteiger partial charge in [-0.25, -0.2) is 4.57 Å². The van der Waals surface area contributed by atoms with E-state index in [1.807, 2.05) is 24.3 Å². The van der Waals surface area contributed by atoms with Crippen LogP contribution in [0.2, 0.25) is 0 Å². The van der Waals surface area contributed by atoms with Gasteiger partial charge in [0.2, 0.25) is 0 Å². The SMILES string of the molecule is CC(C)P(=O)(O)Oc1ccc2cc(Br)ccc2c1. The quantitative estimate of drug-likeness (QED) is 0.839. The number of rotatable bonds is 3. The van der Waals surface area contributed by atoms with Crippen LogP contribution in [0.1, 0.15) is 13.8 Å². The summed E-state index contributed by atoms with van der Waals surface area (Å²) in [5, 5.41) is 2.02. The van der Waals surface area contributed by atoms with Crippen molar-refractivity contribution < 1.29 is 14.0 Å². The summed E-state index contributed by atoms with van der Waals surface area (Å²) < 4.78 is 18.0. The van der Waals surface area contributed by atoms with E-state index in [2.05, 4.69) is 15.9 Å². The van der Waals surface area contributed by atoms with Gasteiger partial charge in [-0.3, -0.25) is 0 Å². The molecule has 2 aromatic rings. The van der Waals surface area contributed by atoms with Gasteiger partial charge in [-0.05, 0) is 35.0 Å². The molecule has 3 nitrogen and oxygen atoms in total. The maximum atomic E-state index is 11.8. The Morgan fingerprint density at radius 3 is 2.44 bits per heavy atom. The van der Waals surface area contributed by atoms with Gasteiger partial charge in [0, 0.05) is 4.47 Å². The van der Waals surface area contributed by atoms with Crippen LogP contribution < -0.4 is 4.52 Å². The lowest BCUT2D eigenvalue weighted by Crippen LogP contribution is -2.03. The molecule has 0 spiro atoms. The minimum Gasteiger partial charge on any atom is -0.424 e. The molecular formula is C13H14BrO3P. The van der Waals surface area contributed by atoms with Gasteiger partial charge in [0.1, 0.15) is 5.75 Å². The highest BCUT2D eigenvalue weighted by Gasteiger charge is 2.25. The van der Waals surface area contributed by atoms with E-state index in [-0.39, 0.29) is 0 Å². The summed E-state index contributed by atoms with van der Waals surface area (Å²) in [7, 11) is -3.58. The van der Waals surface area contributed by atoms with Gasteiger partial charge in [-0.1, -0.05) is 41.9 Å². The third kappa shape index (κ3) is 2.94. The smallest absolute Gasteiger partial charge is 0.379 e. The van der Waals surface area contributed by atoms with E-state index in [1.165, 1.54) is 0 Å². The average molecular weight is 329 g/mol. The lowest BCUT2D eigenvalue weighted by Gasteiger charge is -2.16. The van der Waals surface area contributed by atoms with Gasteiger partial charge in [-0.2, -0.15) is 0 Å². The molecule has 0 heterocycles. The predicted octanol–water partition coefficient (Wildman–Crippen LogP) is 4.57. The predicted molar refractivity (Wildman–Crippen MR) is 77.2 cm³/mol. The third-order valence-electron chi connectivity index (χ3n) is 2.66. The monoisotopic (exact) mass is 328 g/mol. The van der Waals surface area contributed by atoms with Crippen molar-refractivity contribution in [3.63, 3.8) is 0 Å². The summed E-state index contributed by atoms with van der Waals surface area (Å²) in [6.45, 7) is 3.33. The minimum absolute atomic E-state index is 0.418. The molecule has 0 amide bonds. The molecule has 0 saturated carbocycles. The molecule has 1 unspecified atom stereocenters.